The highest BCUT2D eigenvalue weighted by molar-refractivity contribution is 5.98. The molecule has 0 unspecified atom stereocenters. The molecule has 0 aromatic heterocycles. The standard InChI is InChI=1S/C24H23NO5/c1-3-28-22-12-8-7-11-21(22)24(27)29-17(2)23(26)25-18-13-15-20(16-14-18)30-19-9-5-4-6-10-19/h4-17H,3H2,1-2H3,(H,25,26)/t17-/m0/s1. The summed E-state index contributed by atoms with van der Waals surface area (Å²) in [6, 6.07) is 23.1. The van der Waals surface area contributed by atoms with E-state index in [9.17, 15) is 9.59 Å². The van der Waals surface area contributed by atoms with Crippen LogP contribution in [0.25, 0.3) is 0 Å². The van der Waals surface area contributed by atoms with Gasteiger partial charge in [0.25, 0.3) is 5.91 Å². The Balaban J connectivity index is 1.57. The topological polar surface area (TPSA) is 73.9 Å². The van der Waals surface area contributed by atoms with Gasteiger partial charge in [-0.3, -0.25) is 4.79 Å². The minimum Gasteiger partial charge on any atom is -0.493 e. The summed E-state index contributed by atoms with van der Waals surface area (Å²) in [7, 11) is 0. The van der Waals surface area contributed by atoms with Gasteiger partial charge in [-0.2, -0.15) is 0 Å². The summed E-state index contributed by atoms with van der Waals surface area (Å²) < 4.78 is 16.5. The maximum atomic E-state index is 12.4. The van der Waals surface area contributed by atoms with Crippen LogP contribution in [0.2, 0.25) is 0 Å². The molecule has 0 aliphatic heterocycles. The van der Waals surface area contributed by atoms with Crippen molar-refractivity contribution in [2.45, 2.75) is 20.0 Å². The van der Waals surface area contributed by atoms with E-state index < -0.39 is 18.0 Å². The Bertz CT molecular complexity index is 986. The summed E-state index contributed by atoms with van der Waals surface area (Å²) in [5.41, 5.74) is 0.847. The molecule has 3 aromatic carbocycles. The van der Waals surface area contributed by atoms with Crippen LogP contribution < -0.4 is 14.8 Å². The zero-order valence-electron chi connectivity index (χ0n) is 16.8. The molecule has 0 aliphatic rings. The van der Waals surface area contributed by atoms with Gasteiger partial charge in [-0.1, -0.05) is 30.3 Å². The third kappa shape index (κ3) is 5.61. The van der Waals surface area contributed by atoms with Gasteiger partial charge in [0.05, 0.1) is 6.61 Å². The molecule has 0 aliphatic carbocycles. The molecular formula is C24H23NO5. The number of esters is 1. The molecule has 0 radical (unpaired) electrons. The lowest BCUT2D eigenvalue weighted by atomic mass is 10.2. The molecule has 0 saturated heterocycles. The molecule has 0 heterocycles. The Morgan fingerprint density at radius 3 is 2.20 bits per heavy atom. The second-order valence-corrected chi connectivity index (χ2v) is 6.41. The highest BCUT2D eigenvalue weighted by Crippen LogP contribution is 2.23. The van der Waals surface area contributed by atoms with Crippen molar-refractivity contribution in [3.05, 3.63) is 84.4 Å². The first-order valence-electron chi connectivity index (χ1n) is 9.63. The SMILES string of the molecule is CCOc1ccccc1C(=O)O[C@@H](C)C(=O)Nc1ccc(Oc2ccccc2)cc1. The van der Waals surface area contributed by atoms with Gasteiger partial charge in [-0.25, -0.2) is 4.79 Å². The number of benzene rings is 3. The van der Waals surface area contributed by atoms with Crippen molar-refractivity contribution in [3.63, 3.8) is 0 Å². The molecule has 6 nitrogen and oxygen atoms in total. The summed E-state index contributed by atoms with van der Waals surface area (Å²) in [6.07, 6.45) is -0.979. The van der Waals surface area contributed by atoms with Gasteiger partial charge in [0.2, 0.25) is 0 Å². The minimum absolute atomic E-state index is 0.279. The first-order valence-corrected chi connectivity index (χ1v) is 9.63. The molecule has 1 N–H and O–H groups in total. The Morgan fingerprint density at radius 1 is 0.867 bits per heavy atom. The van der Waals surface area contributed by atoms with Crippen LogP contribution in [-0.2, 0) is 9.53 Å². The van der Waals surface area contributed by atoms with E-state index in [2.05, 4.69) is 5.32 Å². The van der Waals surface area contributed by atoms with Crippen molar-refractivity contribution in [2.24, 2.45) is 0 Å². The lowest BCUT2D eigenvalue weighted by Gasteiger charge is -2.15. The molecule has 1 atom stereocenters. The fourth-order valence-electron chi connectivity index (χ4n) is 2.67. The lowest BCUT2D eigenvalue weighted by Crippen LogP contribution is -2.30. The number of hydrogen-bond acceptors (Lipinski definition) is 5. The van der Waals surface area contributed by atoms with E-state index in [0.717, 1.165) is 5.75 Å². The first kappa shape index (κ1) is 20.9. The van der Waals surface area contributed by atoms with Crippen molar-refractivity contribution < 1.29 is 23.8 Å². The van der Waals surface area contributed by atoms with E-state index in [1.807, 2.05) is 37.3 Å². The van der Waals surface area contributed by atoms with Gasteiger partial charge in [-0.05, 0) is 62.4 Å². The third-order valence-electron chi connectivity index (χ3n) is 4.16. The van der Waals surface area contributed by atoms with Gasteiger partial charge in [0, 0.05) is 5.69 Å². The Hall–Kier alpha value is -3.80. The predicted molar refractivity (Wildman–Crippen MR) is 114 cm³/mol. The summed E-state index contributed by atoms with van der Waals surface area (Å²) in [6.45, 7) is 3.77. The van der Waals surface area contributed by atoms with E-state index >= 15 is 0 Å². The quantitative estimate of drug-likeness (QED) is 0.530. The number of nitrogens with one attached hydrogen (secondary N) is 1. The monoisotopic (exact) mass is 405 g/mol. The zero-order valence-corrected chi connectivity index (χ0v) is 16.8. The molecule has 3 rings (SSSR count). The number of amides is 1. The minimum atomic E-state index is -0.979. The number of para-hydroxylation sites is 2. The van der Waals surface area contributed by atoms with Gasteiger partial charge in [0.15, 0.2) is 6.10 Å². The normalized spacial score (nSPS) is 11.3. The smallest absolute Gasteiger partial charge is 0.342 e. The number of carbonyl (C=O) groups excluding carboxylic acids is 2. The maximum Gasteiger partial charge on any atom is 0.342 e. The molecule has 154 valence electrons. The average Bonchev–Trinajstić information content (AvgIpc) is 2.76. The average molecular weight is 405 g/mol. The maximum absolute atomic E-state index is 12.4. The Labute approximate surface area is 175 Å². The molecular weight excluding hydrogens is 382 g/mol. The van der Waals surface area contributed by atoms with Gasteiger partial charge >= 0.3 is 5.97 Å². The van der Waals surface area contributed by atoms with Gasteiger partial charge in [-0.15, -0.1) is 0 Å². The fraction of sp³-hybridized carbons (Fsp3) is 0.167. The molecule has 0 fully saturated rings. The lowest BCUT2D eigenvalue weighted by molar-refractivity contribution is -0.123. The van der Waals surface area contributed by atoms with Crippen LogP contribution in [0, 0.1) is 0 Å². The largest absolute Gasteiger partial charge is 0.493 e. The van der Waals surface area contributed by atoms with E-state index in [1.54, 1.807) is 48.5 Å². The molecule has 0 bridgehead atoms. The number of hydrogen-bond donors (Lipinski definition) is 1. The van der Waals surface area contributed by atoms with Crippen LogP contribution in [-0.4, -0.2) is 24.6 Å². The number of carbonyl (C=O) groups is 2. The van der Waals surface area contributed by atoms with Crippen molar-refractivity contribution >= 4 is 17.6 Å². The van der Waals surface area contributed by atoms with Crippen LogP contribution in [0.3, 0.4) is 0 Å². The van der Waals surface area contributed by atoms with E-state index in [-0.39, 0.29) is 5.56 Å². The fourth-order valence-corrected chi connectivity index (χ4v) is 2.67. The molecule has 6 heteroatoms. The van der Waals surface area contributed by atoms with Gasteiger partial charge < -0.3 is 19.5 Å². The van der Waals surface area contributed by atoms with E-state index in [1.165, 1.54) is 6.92 Å². The predicted octanol–water partition coefficient (Wildman–Crippen LogP) is 5.06. The highest BCUT2D eigenvalue weighted by Gasteiger charge is 2.21. The van der Waals surface area contributed by atoms with Crippen molar-refractivity contribution in [3.8, 4) is 17.2 Å². The first-order chi connectivity index (χ1) is 14.6. The van der Waals surface area contributed by atoms with Crippen molar-refractivity contribution in [1.82, 2.24) is 0 Å². The van der Waals surface area contributed by atoms with Crippen LogP contribution in [0.1, 0.15) is 24.2 Å². The second-order valence-electron chi connectivity index (χ2n) is 6.41. The van der Waals surface area contributed by atoms with E-state index in [4.69, 9.17) is 14.2 Å². The summed E-state index contributed by atoms with van der Waals surface area (Å²) >= 11 is 0. The van der Waals surface area contributed by atoms with Crippen LogP contribution >= 0.6 is 0 Å². The van der Waals surface area contributed by atoms with Crippen LogP contribution in [0.15, 0.2) is 78.9 Å². The van der Waals surface area contributed by atoms with Crippen LogP contribution in [0.4, 0.5) is 5.69 Å². The summed E-state index contributed by atoms with van der Waals surface area (Å²) in [5.74, 6) is 0.738. The third-order valence-corrected chi connectivity index (χ3v) is 4.16. The molecule has 3 aromatic rings. The molecule has 0 spiro atoms. The Morgan fingerprint density at radius 2 is 1.50 bits per heavy atom. The molecule has 0 saturated carbocycles. The Kier molecular flexibility index (Phi) is 7.05. The molecule has 30 heavy (non-hydrogen) atoms. The van der Waals surface area contributed by atoms with Crippen molar-refractivity contribution in [1.29, 1.82) is 0 Å². The zero-order chi connectivity index (χ0) is 21.3. The number of anilines is 1. The number of rotatable bonds is 8. The highest BCUT2D eigenvalue weighted by atomic mass is 16.5. The number of ether oxygens (including phenoxy) is 3. The second kappa shape index (κ2) is 10.1. The molecule has 1 amide bonds. The van der Waals surface area contributed by atoms with Crippen LogP contribution in [0.5, 0.6) is 17.2 Å². The van der Waals surface area contributed by atoms with Gasteiger partial charge in [0.1, 0.15) is 22.8 Å². The summed E-state index contributed by atoms with van der Waals surface area (Å²) in [5, 5.41) is 2.73. The van der Waals surface area contributed by atoms with Crippen molar-refractivity contribution in [2.75, 3.05) is 11.9 Å². The van der Waals surface area contributed by atoms with E-state index in [0.29, 0.717) is 23.8 Å². The summed E-state index contributed by atoms with van der Waals surface area (Å²) in [4.78, 5) is 24.8.